The van der Waals surface area contributed by atoms with Gasteiger partial charge in [-0.2, -0.15) is 26.3 Å². The molecule has 0 saturated carbocycles. The van der Waals surface area contributed by atoms with E-state index in [4.69, 9.17) is 4.42 Å². The molecule has 9 heteroatoms. The number of alkyl halides is 6. The van der Waals surface area contributed by atoms with Crippen molar-refractivity contribution in [3.63, 3.8) is 0 Å². The normalized spacial score (nSPS) is 12.4. The van der Waals surface area contributed by atoms with Gasteiger partial charge in [-0.1, -0.05) is 6.07 Å². The fraction of sp³-hybridized carbons (Fsp3) is 0.125. The zero-order chi connectivity index (χ0) is 18.2. The smallest absolute Gasteiger partial charge is 0.417 e. The van der Waals surface area contributed by atoms with Crippen LogP contribution in [0.5, 0.6) is 0 Å². The van der Waals surface area contributed by atoms with Crippen LogP contribution in [0.3, 0.4) is 0 Å². The second-order valence-electron chi connectivity index (χ2n) is 5.02. The SMILES string of the molecule is FC(F)(F)c1ccc(-c2cncnc2-c2ccco2)c(C(F)(F)F)c1. The Morgan fingerprint density at radius 2 is 1.64 bits per heavy atom. The van der Waals surface area contributed by atoms with Crippen LogP contribution in [-0.2, 0) is 12.4 Å². The van der Waals surface area contributed by atoms with Gasteiger partial charge in [0, 0.05) is 11.8 Å². The predicted octanol–water partition coefficient (Wildman–Crippen LogP) is 5.44. The molecule has 0 amide bonds. The number of nitrogens with zero attached hydrogens (tertiary/aromatic N) is 2. The highest BCUT2D eigenvalue weighted by Crippen LogP contribution is 2.42. The van der Waals surface area contributed by atoms with Crippen molar-refractivity contribution in [2.75, 3.05) is 0 Å². The molecule has 0 radical (unpaired) electrons. The number of aromatic nitrogens is 2. The highest BCUT2D eigenvalue weighted by molar-refractivity contribution is 5.80. The fourth-order valence-electron chi connectivity index (χ4n) is 2.33. The Hall–Kier alpha value is -2.84. The predicted molar refractivity (Wildman–Crippen MR) is 75.2 cm³/mol. The van der Waals surface area contributed by atoms with Crippen molar-refractivity contribution in [1.82, 2.24) is 9.97 Å². The van der Waals surface area contributed by atoms with Crippen molar-refractivity contribution >= 4 is 0 Å². The van der Waals surface area contributed by atoms with Crippen molar-refractivity contribution in [3.05, 3.63) is 60.2 Å². The molecule has 0 atom stereocenters. The van der Waals surface area contributed by atoms with Crippen LogP contribution in [0.1, 0.15) is 11.1 Å². The summed E-state index contributed by atoms with van der Waals surface area (Å²) in [5, 5.41) is 0. The standard InChI is InChI=1S/C16H8F6N2O/c17-15(18,19)9-3-4-10(12(6-9)16(20,21)22)11-7-23-8-24-14(11)13-2-1-5-25-13/h1-8H. The van der Waals surface area contributed by atoms with Gasteiger partial charge in [-0.15, -0.1) is 0 Å². The zero-order valence-corrected chi connectivity index (χ0v) is 12.2. The highest BCUT2D eigenvalue weighted by Gasteiger charge is 2.38. The van der Waals surface area contributed by atoms with Crippen molar-refractivity contribution in [2.24, 2.45) is 0 Å². The summed E-state index contributed by atoms with van der Waals surface area (Å²) in [4.78, 5) is 7.58. The average Bonchev–Trinajstić information content (AvgIpc) is 3.07. The minimum atomic E-state index is -4.99. The van der Waals surface area contributed by atoms with E-state index in [0.29, 0.717) is 6.07 Å². The van der Waals surface area contributed by atoms with Gasteiger partial charge in [0.2, 0.25) is 0 Å². The molecule has 25 heavy (non-hydrogen) atoms. The molecule has 130 valence electrons. The number of benzene rings is 1. The molecule has 1 aromatic carbocycles. The van der Waals surface area contributed by atoms with Gasteiger partial charge in [0.25, 0.3) is 0 Å². The van der Waals surface area contributed by atoms with E-state index >= 15 is 0 Å². The number of rotatable bonds is 2. The molecule has 0 bridgehead atoms. The van der Waals surface area contributed by atoms with Crippen molar-refractivity contribution < 1.29 is 30.8 Å². The van der Waals surface area contributed by atoms with Crippen LogP contribution >= 0.6 is 0 Å². The van der Waals surface area contributed by atoms with Gasteiger partial charge in [0.1, 0.15) is 12.0 Å². The van der Waals surface area contributed by atoms with E-state index in [9.17, 15) is 26.3 Å². The quantitative estimate of drug-likeness (QED) is 0.573. The molecule has 0 unspecified atom stereocenters. The molecule has 0 saturated heterocycles. The van der Waals surface area contributed by atoms with Gasteiger partial charge in [0.05, 0.1) is 17.4 Å². The maximum Gasteiger partial charge on any atom is 0.417 e. The van der Waals surface area contributed by atoms with Crippen LogP contribution < -0.4 is 0 Å². The van der Waals surface area contributed by atoms with E-state index < -0.39 is 29.0 Å². The first-order chi connectivity index (χ1) is 11.7. The van der Waals surface area contributed by atoms with E-state index in [1.54, 1.807) is 0 Å². The van der Waals surface area contributed by atoms with Crippen LogP contribution in [0.4, 0.5) is 26.3 Å². The number of furan rings is 1. The lowest BCUT2D eigenvalue weighted by atomic mass is 9.96. The molecule has 3 aromatic rings. The molecule has 0 N–H and O–H groups in total. The largest absolute Gasteiger partial charge is 0.463 e. The Balaban J connectivity index is 2.25. The lowest BCUT2D eigenvalue weighted by molar-refractivity contribution is -0.142. The molecule has 2 aromatic heterocycles. The third-order valence-electron chi connectivity index (χ3n) is 3.41. The van der Waals surface area contributed by atoms with Crippen LogP contribution in [-0.4, -0.2) is 9.97 Å². The monoisotopic (exact) mass is 358 g/mol. The minimum absolute atomic E-state index is 0.0465. The second kappa shape index (κ2) is 5.91. The molecule has 3 rings (SSSR count). The topological polar surface area (TPSA) is 38.9 Å². The van der Waals surface area contributed by atoms with Crippen LogP contribution in [0, 0.1) is 0 Å². The lowest BCUT2D eigenvalue weighted by Gasteiger charge is -2.17. The average molecular weight is 358 g/mol. The summed E-state index contributed by atoms with van der Waals surface area (Å²) in [6.45, 7) is 0. The van der Waals surface area contributed by atoms with Crippen LogP contribution in [0.2, 0.25) is 0 Å². The maximum absolute atomic E-state index is 13.3. The molecule has 3 nitrogen and oxygen atoms in total. The molecular weight excluding hydrogens is 350 g/mol. The van der Waals surface area contributed by atoms with Crippen molar-refractivity contribution in [2.45, 2.75) is 12.4 Å². The molecule has 0 aliphatic rings. The summed E-state index contributed by atoms with van der Waals surface area (Å²) < 4.78 is 83.5. The van der Waals surface area contributed by atoms with E-state index in [2.05, 4.69) is 9.97 Å². The highest BCUT2D eigenvalue weighted by atomic mass is 19.4. The Bertz CT molecular complexity index is 884. The molecule has 0 fully saturated rings. The first-order valence-corrected chi connectivity index (χ1v) is 6.80. The maximum atomic E-state index is 13.3. The number of halogens is 6. The van der Waals surface area contributed by atoms with Gasteiger partial charge in [-0.05, 0) is 29.8 Å². The summed E-state index contributed by atoms with van der Waals surface area (Å²) in [5.41, 5.74) is -3.32. The van der Waals surface area contributed by atoms with Crippen LogP contribution in [0.15, 0.2) is 53.5 Å². The summed E-state index contributed by atoms with van der Waals surface area (Å²) in [7, 11) is 0. The minimum Gasteiger partial charge on any atom is -0.463 e. The Kier molecular flexibility index (Phi) is 4.02. The van der Waals surface area contributed by atoms with Gasteiger partial charge in [0.15, 0.2) is 5.76 Å². The van der Waals surface area contributed by atoms with E-state index in [1.807, 2.05) is 0 Å². The van der Waals surface area contributed by atoms with Crippen molar-refractivity contribution in [3.8, 4) is 22.6 Å². The lowest BCUT2D eigenvalue weighted by Crippen LogP contribution is -2.12. The summed E-state index contributed by atoms with van der Waals surface area (Å²) in [6.07, 6.45) is -6.37. The van der Waals surface area contributed by atoms with Gasteiger partial charge in [-0.3, -0.25) is 0 Å². The van der Waals surface area contributed by atoms with Gasteiger partial charge >= 0.3 is 12.4 Å². The first-order valence-electron chi connectivity index (χ1n) is 6.80. The van der Waals surface area contributed by atoms with Crippen LogP contribution in [0.25, 0.3) is 22.6 Å². The van der Waals surface area contributed by atoms with E-state index in [-0.39, 0.29) is 23.1 Å². The molecule has 0 aliphatic carbocycles. The van der Waals surface area contributed by atoms with E-state index in [0.717, 1.165) is 18.6 Å². The molecule has 0 aliphatic heterocycles. The van der Waals surface area contributed by atoms with E-state index in [1.165, 1.54) is 18.4 Å². The fourth-order valence-corrected chi connectivity index (χ4v) is 2.33. The Labute approximate surface area is 137 Å². The molecular formula is C16H8F6N2O. The summed E-state index contributed by atoms with van der Waals surface area (Å²) >= 11 is 0. The zero-order valence-electron chi connectivity index (χ0n) is 12.2. The Morgan fingerprint density at radius 1 is 0.880 bits per heavy atom. The summed E-state index contributed by atoms with van der Waals surface area (Å²) in [5.74, 6) is 0.172. The van der Waals surface area contributed by atoms with Gasteiger partial charge in [-0.25, -0.2) is 9.97 Å². The number of hydrogen-bond donors (Lipinski definition) is 0. The second-order valence-corrected chi connectivity index (χ2v) is 5.02. The third-order valence-corrected chi connectivity index (χ3v) is 3.41. The Morgan fingerprint density at radius 3 is 2.24 bits per heavy atom. The number of hydrogen-bond acceptors (Lipinski definition) is 3. The summed E-state index contributed by atoms with van der Waals surface area (Å²) in [6, 6.07) is 4.41. The van der Waals surface area contributed by atoms with Gasteiger partial charge < -0.3 is 4.42 Å². The van der Waals surface area contributed by atoms with Crippen molar-refractivity contribution in [1.29, 1.82) is 0 Å². The molecule has 0 spiro atoms. The first kappa shape index (κ1) is 17.0. The molecule has 2 heterocycles. The third kappa shape index (κ3) is 3.35.